The number of hydrogen-bond acceptors (Lipinski definition) is 5. The summed E-state index contributed by atoms with van der Waals surface area (Å²) in [6, 6.07) is 56.8. The lowest BCUT2D eigenvalue weighted by Crippen LogP contribution is -2.00. The van der Waals surface area contributed by atoms with Crippen LogP contribution in [0.15, 0.2) is 168 Å². The minimum absolute atomic E-state index is 0.598. The summed E-state index contributed by atoms with van der Waals surface area (Å²) < 4.78 is 8.90. The third-order valence-electron chi connectivity index (χ3n) is 9.35. The van der Waals surface area contributed by atoms with Gasteiger partial charge in [-0.1, -0.05) is 121 Å². The molecule has 0 saturated heterocycles. The normalized spacial score (nSPS) is 11.6. The molecule has 0 unspecified atom stereocenters. The molecule has 0 aliphatic carbocycles. The number of fused-ring (bicyclic) bond motifs is 6. The van der Waals surface area contributed by atoms with Crippen LogP contribution in [0.2, 0.25) is 0 Å². The number of benzene rings is 7. The Hall–Kier alpha value is -6.43. The van der Waals surface area contributed by atoms with Gasteiger partial charge in [-0.2, -0.15) is 0 Å². The average molecular weight is 658 g/mol. The van der Waals surface area contributed by atoms with Crippen molar-refractivity contribution in [2.45, 2.75) is 0 Å². The van der Waals surface area contributed by atoms with E-state index in [9.17, 15) is 0 Å². The molecule has 0 spiro atoms. The van der Waals surface area contributed by atoms with E-state index >= 15 is 0 Å². The van der Waals surface area contributed by atoms with Crippen molar-refractivity contribution in [3.05, 3.63) is 164 Å². The summed E-state index contributed by atoms with van der Waals surface area (Å²) in [6.45, 7) is 0. The molecule has 0 N–H and O–H groups in total. The Balaban J connectivity index is 1.16. The molecule has 7 aromatic carbocycles. The molecular weight excluding hydrogens is 631 g/mol. The van der Waals surface area contributed by atoms with Gasteiger partial charge in [-0.25, -0.2) is 15.0 Å². The summed E-state index contributed by atoms with van der Waals surface area (Å²) in [5.74, 6) is 1.86. The van der Waals surface area contributed by atoms with Gasteiger partial charge in [0.2, 0.25) is 0 Å². The third-order valence-corrected chi connectivity index (χ3v) is 10.6. The fourth-order valence-electron chi connectivity index (χ4n) is 6.87. The van der Waals surface area contributed by atoms with E-state index in [-0.39, 0.29) is 0 Å². The summed E-state index contributed by atoms with van der Waals surface area (Å²) in [4.78, 5) is 15.4. The summed E-state index contributed by atoms with van der Waals surface area (Å²) in [5, 5.41) is 4.59. The van der Waals surface area contributed by atoms with Gasteiger partial charge in [0, 0.05) is 47.6 Å². The molecule has 50 heavy (non-hydrogen) atoms. The van der Waals surface area contributed by atoms with Crippen molar-refractivity contribution in [2.75, 3.05) is 0 Å². The van der Waals surface area contributed by atoms with Gasteiger partial charge >= 0.3 is 0 Å². The topological polar surface area (TPSA) is 51.8 Å². The standard InChI is InChI=1S/C45H27N3OS/c1-3-11-28(12-4-1)30-15-9-16-32(25-30)43-46-44(48-45(47-43)38-19-10-18-37-36-17-7-8-20-41(36)50-42(37)38)33-22-24-35-34-23-21-31(29-13-5-2-6-14-29)26-39(34)49-40(35)27-33/h1-27H. The highest BCUT2D eigenvalue weighted by atomic mass is 32.1. The number of furan rings is 1. The molecule has 0 aliphatic heterocycles. The first-order valence-corrected chi connectivity index (χ1v) is 17.4. The molecule has 0 saturated carbocycles. The second-order valence-corrected chi connectivity index (χ2v) is 13.5. The molecular formula is C45H27N3OS. The maximum Gasteiger partial charge on any atom is 0.165 e. The van der Waals surface area contributed by atoms with Gasteiger partial charge in [0.1, 0.15) is 11.2 Å². The van der Waals surface area contributed by atoms with E-state index in [0.29, 0.717) is 17.5 Å². The zero-order valence-corrected chi connectivity index (χ0v) is 27.6. The monoisotopic (exact) mass is 657 g/mol. The molecule has 3 heterocycles. The Morgan fingerprint density at radius 1 is 0.360 bits per heavy atom. The summed E-state index contributed by atoms with van der Waals surface area (Å²) in [5.41, 5.74) is 8.97. The van der Waals surface area contributed by atoms with E-state index in [1.807, 2.05) is 12.1 Å². The molecule has 0 fully saturated rings. The van der Waals surface area contributed by atoms with Crippen molar-refractivity contribution in [1.29, 1.82) is 0 Å². The maximum absolute atomic E-state index is 6.49. The number of nitrogens with zero attached hydrogens (tertiary/aromatic N) is 3. The SMILES string of the molecule is c1ccc(-c2cccc(-c3nc(-c4ccc5c(c4)oc4cc(-c6ccccc6)ccc45)nc(-c4cccc5c4sc4ccccc45)n3)c2)cc1. The predicted octanol–water partition coefficient (Wildman–Crippen LogP) is 12.5. The van der Waals surface area contributed by atoms with E-state index in [1.165, 1.54) is 15.5 Å². The Kier molecular flexibility index (Phi) is 6.64. The minimum atomic E-state index is 0.598. The van der Waals surface area contributed by atoms with E-state index < -0.39 is 0 Å². The lowest BCUT2D eigenvalue weighted by molar-refractivity contribution is 0.669. The first-order valence-electron chi connectivity index (χ1n) is 16.6. The molecule has 10 aromatic rings. The van der Waals surface area contributed by atoms with Crippen molar-refractivity contribution in [2.24, 2.45) is 0 Å². The Bertz CT molecular complexity index is 2870. The molecule has 10 rings (SSSR count). The molecule has 3 aromatic heterocycles. The predicted molar refractivity (Wildman–Crippen MR) is 207 cm³/mol. The molecule has 0 amide bonds. The lowest BCUT2D eigenvalue weighted by atomic mass is 10.0. The van der Waals surface area contributed by atoms with Crippen LogP contribution in [0.5, 0.6) is 0 Å². The van der Waals surface area contributed by atoms with Gasteiger partial charge < -0.3 is 4.42 Å². The minimum Gasteiger partial charge on any atom is -0.456 e. The zero-order valence-electron chi connectivity index (χ0n) is 26.7. The summed E-state index contributed by atoms with van der Waals surface area (Å²) in [7, 11) is 0. The van der Waals surface area contributed by atoms with E-state index in [4.69, 9.17) is 19.4 Å². The second kappa shape index (κ2) is 11.6. The Labute approximate surface area is 292 Å². The zero-order chi connectivity index (χ0) is 33.0. The maximum atomic E-state index is 6.49. The Morgan fingerprint density at radius 2 is 0.880 bits per heavy atom. The van der Waals surface area contributed by atoms with Gasteiger partial charge in [0.05, 0.1) is 0 Å². The first-order chi connectivity index (χ1) is 24.7. The molecule has 5 heteroatoms. The molecule has 0 aliphatic rings. The van der Waals surface area contributed by atoms with Crippen LogP contribution in [0.3, 0.4) is 0 Å². The number of rotatable bonds is 5. The Morgan fingerprint density at radius 3 is 1.62 bits per heavy atom. The molecule has 0 atom stereocenters. The second-order valence-electron chi connectivity index (χ2n) is 12.4. The van der Waals surface area contributed by atoms with Gasteiger partial charge in [-0.05, 0) is 64.7 Å². The molecule has 234 valence electrons. The van der Waals surface area contributed by atoms with Gasteiger partial charge in [-0.15, -0.1) is 11.3 Å². The van der Waals surface area contributed by atoms with Gasteiger partial charge in [0.25, 0.3) is 0 Å². The fraction of sp³-hybridized carbons (Fsp3) is 0. The van der Waals surface area contributed by atoms with Crippen molar-refractivity contribution in [1.82, 2.24) is 15.0 Å². The van der Waals surface area contributed by atoms with E-state index in [1.54, 1.807) is 11.3 Å². The van der Waals surface area contributed by atoms with Crippen molar-refractivity contribution in [3.8, 4) is 56.4 Å². The fourth-order valence-corrected chi connectivity index (χ4v) is 8.08. The highest BCUT2D eigenvalue weighted by molar-refractivity contribution is 7.26. The summed E-state index contributed by atoms with van der Waals surface area (Å²) >= 11 is 1.77. The lowest BCUT2D eigenvalue weighted by Gasteiger charge is -2.10. The van der Waals surface area contributed by atoms with Crippen LogP contribution in [-0.2, 0) is 0 Å². The van der Waals surface area contributed by atoms with Crippen molar-refractivity contribution >= 4 is 53.4 Å². The smallest absolute Gasteiger partial charge is 0.165 e. The molecule has 0 radical (unpaired) electrons. The highest BCUT2D eigenvalue weighted by Gasteiger charge is 2.18. The van der Waals surface area contributed by atoms with E-state index in [0.717, 1.165) is 65.6 Å². The van der Waals surface area contributed by atoms with Crippen LogP contribution in [0, 0.1) is 0 Å². The van der Waals surface area contributed by atoms with Crippen LogP contribution in [0.25, 0.3) is 98.5 Å². The van der Waals surface area contributed by atoms with Gasteiger partial charge in [0.15, 0.2) is 17.5 Å². The van der Waals surface area contributed by atoms with Crippen LogP contribution in [0.1, 0.15) is 0 Å². The summed E-state index contributed by atoms with van der Waals surface area (Å²) in [6.07, 6.45) is 0. The average Bonchev–Trinajstić information content (AvgIpc) is 3.76. The third kappa shape index (κ3) is 4.87. The van der Waals surface area contributed by atoms with Crippen LogP contribution >= 0.6 is 11.3 Å². The van der Waals surface area contributed by atoms with Crippen LogP contribution < -0.4 is 0 Å². The van der Waals surface area contributed by atoms with Crippen LogP contribution in [-0.4, -0.2) is 15.0 Å². The quantitative estimate of drug-likeness (QED) is 0.185. The molecule has 0 bridgehead atoms. The number of hydrogen-bond donors (Lipinski definition) is 0. The van der Waals surface area contributed by atoms with Crippen molar-refractivity contribution < 1.29 is 4.42 Å². The number of aromatic nitrogens is 3. The van der Waals surface area contributed by atoms with Gasteiger partial charge in [-0.3, -0.25) is 0 Å². The largest absolute Gasteiger partial charge is 0.456 e. The first kappa shape index (κ1) is 28.6. The number of thiophene rings is 1. The van der Waals surface area contributed by atoms with Crippen molar-refractivity contribution in [3.63, 3.8) is 0 Å². The van der Waals surface area contributed by atoms with Crippen LogP contribution in [0.4, 0.5) is 0 Å². The molecule has 4 nitrogen and oxygen atoms in total. The van der Waals surface area contributed by atoms with E-state index in [2.05, 4.69) is 152 Å². The highest BCUT2D eigenvalue weighted by Crippen LogP contribution is 2.40.